The number of hydrogen-bond acceptors (Lipinski definition) is 6. The lowest BCUT2D eigenvalue weighted by molar-refractivity contribution is -0.274. The second kappa shape index (κ2) is 10.2. The van der Waals surface area contributed by atoms with E-state index in [2.05, 4.69) is 19.9 Å². The number of amides is 1. The Morgan fingerprint density at radius 2 is 1.82 bits per heavy atom. The van der Waals surface area contributed by atoms with Gasteiger partial charge in [-0.05, 0) is 65.9 Å². The van der Waals surface area contributed by atoms with Gasteiger partial charge < -0.3 is 4.74 Å². The minimum atomic E-state index is -4.74. The highest BCUT2D eigenvalue weighted by Crippen LogP contribution is 2.30. The third-order valence-electron chi connectivity index (χ3n) is 6.38. The van der Waals surface area contributed by atoms with Gasteiger partial charge in [0.25, 0.3) is 0 Å². The molecule has 0 unspecified atom stereocenters. The molecule has 1 amide bonds. The molecule has 7 nitrogen and oxygen atoms in total. The van der Waals surface area contributed by atoms with Gasteiger partial charge in [0.05, 0.1) is 28.7 Å². The average Bonchev–Trinajstić information content (AvgIpc) is 3.52. The number of fused-ring (bicyclic) bond motifs is 3. The smallest absolute Gasteiger partial charge is 0.406 e. The summed E-state index contributed by atoms with van der Waals surface area (Å²) >= 11 is 1.35. The Morgan fingerprint density at radius 1 is 1.02 bits per heavy atom. The molecule has 0 atom stereocenters. The van der Waals surface area contributed by atoms with Gasteiger partial charge in [-0.1, -0.05) is 48.2 Å². The molecule has 1 fully saturated rings. The number of halogens is 3. The van der Waals surface area contributed by atoms with E-state index in [9.17, 15) is 18.0 Å². The topological polar surface area (TPSA) is 72.1 Å². The highest BCUT2D eigenvalue weighted by Gasteiger charge is 2.31. The number of ether oxygens (including phenoxy) is 1. The lowest BCUT2D eigenvalue weighted by Gasteiger charge is -2.17. The number of amidine groups is 1. The van der Waals surface area contributed by atoms with Gasteiger partial charge >= 0.3 is 6.36 Å². The number of aryl methyl sites for hydroxylation is 1. The second-order valence-electron chi connectivity index (χ2n) is 9.00. The molecule has 0 aliphatic carbocycles. The van der Waals surface area contributed by atoms with Gasteiger partial charge in [-0.2, -0.15) is 5.10 Å². The van der Waals surface area contributed by atoms with Crippen molar-refractivity contribution in [3.63, 3.8) is 0 Å². The summed E-state index contributed by atoms with van der Waals surface area (Å²) in [6.07, 6.45) is -1.47. The van der Waals surface area contributed by atoms with E-state index in [0.29, 0.717) is 16.6 Å². The molecule has 1 aliphatic heterocycles. The van der Waals surface area contributed by atoms with Crippen molar-refractivity contribution in [3.8, 4) is 11.4 Å². The molecular weight excluding hydrogens is 539 g/mol. The fraction of sp³-hybridized carbons (Fsp3) is 0.103. The van der Waals surface area contributed by atoms with E-state index in [0.717, 1.165) is 38.6 Å². The van der Waals surface area contributed by atoms with Gasteiger partial charge in [-0.25, -0.2) is 4.98 Å². The van der Waals surface area contributed by atoms with Crippen molar-refractivity contribution < 1.29 is 22.7 Å². The standard InChI is InChI=1S/C29H20F3N5O2S/c1-18-4-2-3-5-24(18)37-26(38)16-40-28(37)35-34-15-19-6-12-23-20(14-19)7-13-25-27(23)33-17-36(25)21-8-10-22(11-9-21)39-29(30,31)32/h2-15,17H,16H2,1H3/b34-15+,35-28-. The molecule has 11 heteroatoms. The molecule has 200 valence electrons. The first-order chi connectivity index (χ1) is 19.3. The third kappa shape index (κ3) is 5.03. The number of nitrogens with zero attached hydrogens (tertiary/aromatic N) is 5. The Labute approximate surface area is 230 Å². The minimum absolute atomic E-state index is 0.0343. The number of imidazole rings is 1. The summed E-state index contributed by atoms with van der Waals surface area (Å²) in [7, 11) is 0. The van der Waals surface area contributed by atoms with E-state index in [1.807, 2.05) is 61.5 Å². The monoisotopic (exact) mass is 559 g/mol. The van der Waals surface area contributed by atoms with Crippen molar-refractivity contribution in [1.29, 1.82) is 0 Å². The summed E-state index contributed by atoms with van der Waals surface area (Å²) in [5.74, 6) is -0.00766. The van der Waals surface area contributed by atoms with Crippen LogP contribution in [0, 0.1) is 6.92 Å². The lowest BCUT2D eigenvalue weighted by atomic mass is 10.1. The Balaban J connectivity index is 1.25. The van der Waals surface area contributed by atoms with Crippen LogP contribution in [0.2, 0.25) is 0 Å². The largest absolute Gasteiger partial charge is 0.573 e. The van der Waals surface area contributed by atoms with Gasteiger partial charge in [0, 0.05) is 11.1 Å². The summed E-state index contributed by atoms with van der Waals surface area (Å²) in [5.41, 5.74) is 4.82. The van der Waals surface area contributed by atoms with Gasteiger partial charge in [-0.3, -0.25) is 14.3 Å². The Kier molecular flexibility index (Phi) is 6.51. The second-order valence-corrected chi connectivity index (χ2v) is 9.94. The molecule has 4 aromatic carbocycles. The Bertz CT molecular complexity index is 1810. The predicted molar refractivity (Wildman–Crippen MR) is 151 cm³/mol. The Morgan fingerprint density at radius 3 is 2.60 bits per heavy atom. The van der Waals surface area contributed by atoms with E-state index in [4.69, 9.17) is 0 Å². The summed E-state index contributed by atoms with van der Waals surface area (Å²) < 4.78 is 43.2. The maximum atomic E-state index is 12.5. The van der Waals surface area contributed by atoms with Gasteiger partial charge in [0.15, 0.2) is 5.17 Å². The molecule has 0 N–H and O–H groups in total. The SMILES string of the molecule is Cc1ccccc1N1C(=O)CS/C1=N\N=C\c1ccc2c(ccc3c2ncn3-c2ccc(OC(F)(F)F)cc2)c1. The molecule has 1 saturated heterocycles. The molecule has 0 saturated carbocycles. The van der Waals surface area contributed by atoms with Crippen LogP contribution in [0.25, 0.3) is 27.5 Å². The molecule has 5 aromatic rings. The van der Waals surface area contributed by atoms with Crippen molar-refractivity contribution in [1.82, 2.24) is 9.55 Å². The van der Waals surface area contributed by atoms with Crippen LogP contribution in [0.4, 0.5) is 18.9 Å². The number of anilines is 1. The molecule has 40 heavy (non-hydrogen) atoms. The maximum absolute atomic E-state index is 12.5. The highest BCUT2D eigenvalue weighted by atomic mass is 32.2. The van der Waals surface area contributed by atoms with Gasteiger partial charge in [0.1, 0.15) is 12.1 Å². The van der Waals surface area contributed by atoms with E-state index in [-0.39, 0.29) is 11.7 Å². The summed E-state index contributed by atoms with van der Waals surface area (Å²) in [5, 5.41) is 11.0. The molecule has 1 aromatic heterocycles. The van der Waals surface area contributed by atoms with E-state index < -0.39 is 6.36 Å². The number of hydrogen-bond donors (Lipinski definition) is 0. The van der Waals surface area contributed by atoms with Crippen LogP contribution in [-0.2, 0) is 4.79 Å². The molecule has 0 spiro atoms. The van der Waals surface area contributed by atoms with Crippen LogP contribution in [0.3, 0.4) is 0 Å². The van der Waals surface area contributed by atoms with Gasteiger partial charge in [-0.15, -0.1) is 18.3 Å². The van der Waals surface area contributed by atoms with Crippen molar-refractivity contribution >= 4 is 56.5 Å². The van der Waals surface area contributed by atoms with E-state index in [1.165, 1.54) is 23.9 Å². The fourth-order valence-electron chi connectivity index (χ4n) is 4.55. The first-order valence-corrected chi connectivity index (χ1v) is 13.1. The number of alkyl halides is 3. The number of thioether (sulfide) groups is 1. The number of carbonyl (C=O) groups is 1. The molecule has 2 heterocycles. The lowest BCUT2D eigenvalue weighted by Crippen LogP contribution is -2.29. The zero-order valence-corrected chi connectivity index (χ0v) is 21.8. The third-order valence-corrected chi connectivity index (χ3v) is 7.29. The number of para-hydroxylation sites is 1. The normalized spacial score (nSPS) is 15.2. The molecule has 0 radical (unpaired) electrons. The van der Waals surface area contributed by atoms with Gasteiger partial charge in [0.2, 0.25) is 5.91 Å². The van der Waals surface area contributed by atoms with Crippen molar-refractivity contribution in [2.75, 3.05) is 10.7 Å². The van der Waals surface area contributed by atoms with Crippen LogP contribution in [-0.4, -0.2) is 39.0 Å². The zero-order valence-electron chi connectivity index (χ0n) is 21.0. The van der Waals surface area contributed by atoms with Crippen molar-refractivity contribution in [2.45, 2.75) is 13.3 Å². The van der Waals surface area contributed by atoms with Crippen LogP contribution in [0.15, 0.2) is 95.4 Å². The van der Waals surface area contributed by atoms with Crippen molar-refractivity contribution in [3.05, 3.63) is 96.3 Å². The van der Waals surface area contributed by atoms with Crippen LogP contribution >= 0.6 is 11.8 Å². The first kappa shape index (κ1) is 25.6. The molecule has 1 aliphatic rings. The number of aromatic nitrogens is 2. The van der Waals surface area contributed by atoms with Crippen LogP contribution < -0.4 is 9.64 Å². The van der Waals surface area contributed by atoms with Crippen molar-refractivity contribution in [2.24, 2.45) is 10.2 Å². The number of benzene rings is 4. The molecule has 0 bridgehead atoms. The van der Waals surface area contributed by atoms with E-state index in [1.54, 1.807) is 34.1 Å². The first-order valence-electron chi connectivity index (χ1n) is 12.2. The summed E-state index contributed by atoms with van der Waals surface area (Å²) in [6.45, 7) is 1.95. The number of carbonyl (C=O) groups excluding carboxylic acids is 1. The maximum Gasteiger partial charge on any atom is 0.573 e. The minimum Gasteiger partial charge on any atom is -0.406 e. The van der Waals surface area contributed by atoms with E-state index >= 15 is 0 Å². The van der Waals surface area contributed by atoms with Crippen LogP contribution in [0.5, 0.6) is 5.75 Å². The zero-order chi connectivity index (χ0) is 27.9. The fourth-order valence-corrected chi connectivity index (χ4v) is 5.37. The molecule has 6 rings (SSSR count). The van der Waals surface area contributed by atoms with Crippen LogP contribution in [0.1, 0.15) is 11.1 Å². The number of rotatable bonds is 5. The summed E-state index contributed by atoms with van der Waals surface area (Å²) in [4.78, 5) is 18.7. The predicted octanol–water partition coefficient (Wildman–Crippen LogP) is 6.86. The summed E-state index contributed by atoms with van der Waals surface area (Å²) in [6, 6.07) is 22.9. The quantitative estimate of drug-likeness (QED) is 0.174. The molecular formula is C29H20F3N5O2S. The Hall–Kier alpha value is -4.64. The highest BCUT2D eigenvalue weighted by molar-refractivity contribution is 8.15. The average molecular weight is 560 g/mol.